The van der Waals surface area contributed by atoms with Gasteiger partial charge in [-0.3, -0.25) is 4.79 Å². The molecule has 0 heterocycles. The maximum absolute atomic E-state index is 11.8. The van der Waals surface area contributed by atoms with Gasteiger partial charge in [0.2, 0.25) is 5.91 Å². The maximum Gasteiger partial charge on any atom is 0.239 e. The molecule has 18 heavy (non-hydrogen) atoms. The summed E-state index contributed by atoms with van der Waals surface area (Å²) in [6, 6.07) is 9.73. The minimum Gasteiger partial charge on any atom is -0.383 e. The number of para-hydroxylation sites is 1. The second-order valence-electron chi connectivity index (χ2n) is 4.59. The van der Waals surface area contributed by atoms with Gasteiger partial charge < -0.3 is 15.4 Å². The molecule has 0 bridgehead atoms. The Bertz CT molecular complexity index is 352. The molecule has 1 amide bonds. The van der Waals surface area contributed by atoms with E-state index in [-0.39, 0.29) is 18.5 Å². The van der Waals surface area contributed by atoms with Gasteiger partial charge in [0.1, 0.15) is 0 Å². The van der Waals surface area contributed by atoms with Gasteiger partial charge in [0.25, 0.3) is 0 Å². The summed E-state index contributed by atoms with van der Waals surface area (Å²) in [6.45, 7) is 4.94. The van der Waals surface area contributed by atoms with Crippen LogP contribution in [0.25, 0.3) is 0 Å². The molecule has 0 aliphatic carbocycles. The lowest BCUT2D eigenvalue weighted by molar-refractivity contribution is -0.120. The quantitative estimate of drug-likeness (QED) is 0.777. The molecule has 0 saturated carbocycles. The van der Waals surface area contributed by atoms with Crippen molar-refractivity contribution in [2.24, 2.45) is 5.92 Å². The Morgan fingerprint density at radius 1 is 1.28 bits per heavy atom. The van der Waals surface area contributed by atoms with Crippen molar-refractivity contribution < 1.29 is 9.53 Å². The Balaban J connectivity index is 2.36. The van der Waals surface area contributed by atoms with Crippen molar-refractivity contribution in [3.05, 3.63) is 30.3 Å². The number of ether oxygens (including phenoxy) is 1. The summed E-state index contributed by atoms with van der Waals surface area (Å²) < 4.78 is 5.09. The molecule has 4 nitrogen and oxygen atoms in total. The Kier molecular flexibility index (Phi) is 6.22. The fraction of sp³-hybridized carbons (Fsp3) is 0.500. The van der Waals surface area contributed by atoms with Crippen molar-refractivity contribution in [3.8, 4) is 0 Å². The molecule has 1 rings (SSSR count). The Morgan fingerprint density at radius 3 is 2.50 bits per heavy atom. The Labute approximate surface area is 109 Å². The van der Waals surface area contributed by atoms with Crippen LogP contribution in [0.1, 0.15) is 13.8 Å². The van der Waals surface area contributed by atoms with Crippen LogP contribution < -0.4 is 10.6 Å². The second kappa shape index (κ2) is 7.71. The molecular weight excluding hydrogens is 228 g/mol. The predicted molar refractivity (Wildman–Crippen MR) is 73.6 cm³/mol. The largest absolute Gasteiger partial charge is 0.383 e. The summed E-state index contributed by atoms with van der Waals surface area (Å²) in [5.74, 6) is 0.334. The Hall–Kier alpha value is -1.55. The van der Waals surface area contributed by atoms with Crippen LogP contribution in [0.4, 0.5) is 5.69 Å². The molecular formula is C14H22N2O2. The monoisotopic (exact) mass is 250 g/mol. The van der Waals surface area contributed by atoms with E-state index in [0.29, 0.717) is 12.5 Å². The highest BCUT2D eigenvalue weighted by atomic mass is 16.5. The summed E-state index contributed by atoms with van der Waals surface area (Å²) >= 11 is 0. The lowest BCUT2D eigenvalue weighted by atomic mass is 10.1. The molecule has 0 aliphatic heterocycles. The number of carbonyl (C=O) groups excluding carboxylic acids is 1. The molecule has 4 heteroatoms. The van der Waals surface area contributed by atoms with Gasteiger partial charge in [0.15, 0.2) is 0 Å². The van der Waals surface area contributed by atoms with Crippen LogP contribution in [0.2, 0.25) is 0 Å². The lowest BCUT2D eigenvalue weighted by Gasteiger charge is -2.21. The standard InChI is InChI=1S/C14H22N2O2/c1-11(2)13(10-18-3)16-14(17)9-15-12-7-5-4-6-8-12/h4-8,11,13,15H,9-10H2,1-3H3,(H,16,17)/t13-/m0/s1. The van der Waals surface area contributed by atoms with Crippen LogP contribution in [0.3, 0.4) is 0 Å². The van der Waals surface area contributed by atoms with Crippen molar-refractivity contribution in [3.63, 3.8) is 0 Å². The first-order valence-corrected chi connectivity index (χ1v) is 6.20. The van der Waals surface area contributed by atoms with E-state index in [2.05, 4.69) is 24.5 Å². The number of methoxy groups -OCH3 is 1. The molecule has 1 aromatic carbocycles. The minimum absolute atomic E-state index is 0.0189. The summed E-state index contributed by atoms with van der Waals surface area (Å²) in [5, 5.41) is 6.04. The van der Waals surface area contributed by atoms with Crippen LogP contribution in [-0.4, -0.2) is 32.2 Å². The van der Waals surface area contributed by atoms with E-state index in [0.717, 1.165) is 5.69 Å². The van der Waals surface area contributed by atoms with Gasteiger partial charge >= 0.3 is 0 Å². The first kappa shape index (κ1) is 14.5. The van der Waals surface area contributed by atoms with Crippen molar-refractivity contribution in [1.29, 1.82) is 0 Å². The predicted octanol–water partition coefficient (Wildman–Crippen LogP) is 1.89. The highest BCUT2D eigenvalue weighted by Gasteiger charge is 2.15. The molecule has 2 N–H and O–H groups in total. The Morgan fingerprint density at radius 2 is 1.94 bits per heavy atom. The van der Waals surface area contributed by atoms with Crippen LogP contribution in [-0.2, 0) is 9.53 Å². The molecule has 0 aliphatic rings. The van der Waals surface area contributed by atoms with Crippen LogP contribution in [0.15, 0.2) is 30.3 Å². The van der Waals surface area contributed by atoms with Gasteiger partial charge in [-0.25, -0.2) is 0 Å². The molecule has 0 fully saturated rings. The smallest absolute Gasteiger partial charge is 0.239 e. The fourth-order valence-electron chi connectivity index (χ4n) is 1.58. The normalized spacial score (nSPS) is 12.2. The summed E-state index contributed by atoms with van der Waals surface area (Å²) in [7, 11) is 1.64. The molecule has 1 aromatic rings. The first-order valence-electron chi connectivity index (χ1n) is 6.20. The van der Waals surface area contributed by atoms with E-state index in [4.69, 9.17) is 4.74 Å². The third-order valence-corrected chi connectivity index (χ3v) is 2.72. The number of anilines is 1. The number of carbonyl (C=O) groups is 1. The van der Waals surface area contributed by atoms with Crippen molar-refractivity contribution in [2.45, 2.75) is 19.9 Å². The van der Waals surface area contributed by atoms with E-state index in [9.17, 15) is 4.79 Å². The molecule has 0 radical (unpaired) electrons. The molecule has 100 valence electrons. The molecule has 1 atom stereocenters. The van der Waals surface area contributed by atoms with Gasteiger partial charge in [0.05, 0.1) is 19.2 Å². The zero-order chi connectivity index (χ0) is 13.4. The number of benzene rings is 1. The van der Waals surface area contributed by atoms with E-state index in [1.165, 1.54) is 0 Å². The first-order chi connectivity index (χ1) is 8.63. The van der Waals surface area contributed by atoms with Gasteiger partial charge in [0, 0.05) is 12.8 Å². The van der Waals surface area contributed by atoms with Crippen LogP contribution >= 0.6 is 0 Å². The number of rotatable bonds is 7. The zero-order valence-corrected chi connectivity index (χ0v) is 11.3. The third kappa shape index (κ3) is 5.19. The topological polar surface area (TPSA) is 50.4 Å². The van der Waals surface area contributed by atoms with E-state index in [1.54, 1.807) is 7.11 Å². The van der Waals surface area contributed by atoms with Gasteiger partial charge in [-0.05, 0) is 18.1 Å². The summed E-state index contributed by atoms with van der Waals surface area (Å²) in [4.78, 5) is 11.8. The van der Waals surface area contributed by atoms with Gasteiger partial charge in [-0.1, -0.05) is 32.0 Å². The summed E-state index contributed by atoms with van der Waals surface area (Å²) in [6.07, 6.45) is 0. The molecule has 0 unspecified atom stereocenters. The number of nitrogens with one attached hydrogen (secondary N) is 2. The van der Waals surface area contributed by atoms with Crippen LogP contribution in [0.5, 0.6) is 0 Å². The summed E-state index contributed by atoms with van der Waals surface area (Å²) in [5.41, 5.74) is 0.945. The molecule has 0 spiro atoms. The van der Waals surface area contributed by atoms with Crippen molar-refractivity contribution >= 4 is 11.6 Å². The maximum atomic E-state index is 11.8. The average Bonchev–Trinajstić information content (AvgIpc) is 2.37. The van der Waals surface area contributed by atoms with E-state index < -0.39 is 0 Å². The molecule has 0 saturated heterocycles. The SMILES string of the molecule is COC[C@H](NC(=O)CNc1ccccc1)C(C)C. The molecule has 0 aromatic heterocycles. The zero-order valence-electron chi connectivity index (χ0n) is 11.3. The number of hydrogen-bond acceptors (Lipinski definition) is 3. The second-order valence-corrected chi connectivity index (χ2v) is 4.59. The lowest BCUT2D eigenvalue weighted by Crippen LogP contribution is -2.44. The minimum atomic E-state index is -0.0189. The van der Waals surface area contributed by atoms with Crippen molar-refractivity contribution in [1.82, 2.24) is 5.32 Å². The van der Waals surface area contributed by atoms with Crippen molar-refractivity contribution in [2.75, 3.05) is 25.6 Å². The fourth-order valence-corrected chi connectivity index (χ4v) is 1.58. The highest BCUT2D eigenvalue weighted by molar-refractivity contribution is 5.80. The van der Waals surface area contributed by atoms with Crippen LogP contribution in [0, 0.1) is 5.92 Å². The average molecular weight is 250 g/mol. The number of hydrogen-bond donors (Lipinski definition) is 2. The van der Waals surface area contributed by atoms with Gasteiger partial charge in [-0.2, -0.15) is 0 Å². The van der Waals surface area contributed by atoms with Gasteiger partial charge in [-0.15, -0.1) is 0 Å². The van der Waals surface area contributed by atoms with E-state index >= 15 is 0 Å². The highest BCUT2D eigenvalue weighted by Crippen LogP contribution is 2.05. The van der Waals surface area contributed by atoms with E-state index in [1.807, 2.05) is 30.3 Å². The third-order valence-electron chi connectivity index (χ3n) is 2.72. The number of amides is 1.